The topological polar surface area (TPSA) is 43.8 Å². The van der Waals surface area contributed by atoms with Gasteiger partial charge >= 0.3 is 0 Å². The van der Waals surface area contributed by atoms with E-state index in [-0.39, 0.29) is 5.82 Å². The zero-order chi connectivity index (χ0) is 11.8. The van der Waals surface area contributed by atoms with E-state index in [1.807, 2.05) is 12.1 Å². The van der Waals surface area contributed by atoms with E-state index in [1.54, 1.807) is 35.1 Å². The molecule has 0 fully saturated rings. The highest BCUT2D eigenvalue weighted by Gasteiger charge is 2.09. The van der Waals surface area contributed by atoms with Gasteiger partial charge in [-0.3, -0.25) is 0 Å². The summed E-state index contributed by atoms with van der Waals surface area (Å²) < 4.78 is 15.2. The van der Waals surface area contributed by atoms with Crippen LogP contribution in [0, 0.1) is 5.82 Å². The summed E-state index contributed by atoms with van der Waals surface area (Å²) in [4.78, 5) is 0. The van der Waals surface area contributed by atoms with Crippen molar-refractivity contribution < 1.29 is 4.39 Å². The van der Waals surface area contributed by atoms with E-state index in [1.165, 1.54) is 6.07 Å². The van der Waals surface area contributed by atoms with Gasteiger partial charge in [0.15, 0.2) is 0 Å². The van der Waals surface area contributed by atoms with Crippen LogP contribution in [0.3, 0.4) is 0 Å². The van der Waals surface area contributed by atoms with Crippen molar-refractivity contribution in [2.75, 3.05) is 5.73 Å². The Morgan fingerprint density at radius 3 is 2.71 bits per heavy atom. The lowest BCUT2D eigenvalue weighted by molar-refractivity contribution is 0.613. The number of rotatable bonds is 1. The lowest BCUT2D eigenvalue weighted by Gasteiger charge is -2.04. The van der Waals surface area contributed by atoms with Crippen LogP contribution in [0.15, 0.2) is 48.7 Å². The zero-order valence-corrected chi connectivity index (χ0v) is 8.97. The molecule has 0 saturated carbocycles. The predicted molar refractivity (Wildman–Crippen MR) is 65.4 cm³/mol. The molecule has 3 nitrogen and oxygen atoms in total. The summed E-state index contributed by atoms with van der Waals surface area (Å²) in [7, 11) is 0. The standard InChI is InChI=1S/C13H10FN3/c14-10-4-1-2-6-13(10)17-12-7-3-5-11(15)9(12)8-16-17/h1-8H,15H2. The molecule has 0 radical (unpaired) electrons. The first-order valence-electron chi connectivity index (χ1n) is 5.24. The number of nitrogen functional groups attached to an aromatic ring is 1. The maximum Gasteiger partial charge on any atom is 0.148 e. The van der Waals surface area contributed by atoms with E-state index in [0.717, 1.165) is 10.9 Å². The minimum atomic E-state index is -0.306. The van der Waals surface area contributed by atoms with Crippen molar-refractivity contribution >= 4 is 16.6 Å². The number of hydrogen-bond donors (Lipinski definition) is 1. The second-order valence-corrected chi connectivity index (χ2v) is 3.79. The number of benzene rings is 2. The number of nitrogens with zero attached hydrogens (tertiary/aromatic N) is 2. The quantitative estimate of drug-likeness (QED) is 0.649. The highest BCUT2D eigenvalue weighted by Crippen LogP contribution is 2.23. The fourth-order valence-corrected chi connectivity index (χ4v) is 1.89. The average Bonchev–Trinajstić information content (AvgIpc) is 2.75. The van der Waals surface area contributed by atoms with Crippen molar-refractivity contribution in [1.29, 1.82) is 0 Å². The van der Waals surface area contributed by atoms with Crippen LogP contribution < -0.4 is 5.73 Å². The molecule has 17 heavy (non-hydrogen) atoms. The van der Waals surface area contributed by atoms with Crippen molar-refractivity contribution in [2.45, 2.75) is 0 Å². The van der Waals surface area contributed by atoms with Crippen molar-refractivity contribution in [3.63, 3.8) is 0 Å². The summed E-state index contributed by atoms with van der Waals surface area (Å²) in [6.45, 7) is 0. The molecule has 84 valence electrons. The molecule has 1 heterocycles. The SMILES string of the molecule is Nc1cccc2c1cnn2-c1ccccc1F. The Labute approximate surface area is 97.3 Å². The number of aromatic nitrogens is 2. The number of fused-ring (bicyclic) bond motifs is 1. The van der Waals surface area contributed by atoms with Crippen LogP contribution in [-0.2, 0) is 0 Å². The third kappa shape index (κ3) is 1.45. The molecule has 2 N–H and O–H groups in total. The maximum absolute atomic E-state index is 13.7. The van der Waals surface area contributed by atoms with Gasteiger partial charge in [0.05, 0.1) is 11.7 Å². The summed E-state index contributed by atoms with van der Waals surface area (Å²) in [5.41, 5.74) is 7.71. The van der Waals surface area contributed by atoms with E-state index in [2.05, 4.69) is 5.10 Å². The van der Waals surface area contributed by atoms with E-state index in [4.69, 9.17) is 5.73 Å². The molecule has 3 aromatic rings. The molecule has 1 aromatic heterocycles. The first-order chi connectivity index (χ1) is 8.27. The second-order valence-electron chi connectivity index (χ2n) is 3.79. The Morgan fingerprint density at radius 2 is 1.88 bits per heavy atom. The monoisotopic (exact) mass is 227 g/mol. The Kier molecular flexibility index (Phi) is 2.08. The van der Waals surface area contributed by atoms with E-state index >= 15 is 0 Å². The number of para-hydroxylation sites is 1. The Bertz CT molecular complexity index is 688. The normalized spacial score (nSPS) is 10.9. The average molecular weight is 227 g/mol. The molecule has 0 atom stereocenters. The lowest BCUT2D eigenvalue weighted by atomic mass is 10.2. The molecule has 0 bridgehead atoms. The largest absolute Gasteiger partial charge is 0.398 e. The summed E-state index contributed by atoms with van der Waals surface area (Å²) in [5.74, 6) is -0.306. The predicted octanol–water partition coefficient (Wildman–Crippen LogP) is 2.75. The Balaban J connectivity index is 2.33. The molecular weight excluding hydrogens is 217 g/mol. The number of halogens is 1. The molecular formula is C13H10FN3. The van der Waals surface area contributed by atoms with Gasteiger partial charge in [-0.05, 0) is 24.3 Å². The first kappa shape index (κ1) is 9.84. The van der Waals surface area contributed by atoms with Gasteiger partial charge in [-0.2, -0.15) is 5.10 Å². The van der Waals surface area contributed by atoms with Crippen LogP contribution in [0.2, 0.25) is 0 Å². The van der Waals surface area contributed by atoms with Gasteiger partial charge in [-0.25, -0.2) is 9.07 Å². The van der Waals surface area contributed by atoms with Crippen LogP contribution >= 0.6 is 0 Å². The molecule has 2 aromatic carbocycles. The van der Waals surface area contributed by atoms with Gasteiger partial charge in [0.2, 0.25) is 0 Å². The fourth-order valence-electron chi connectivity index (χ4n) is 1.89. The van der Waals surface area contributed by atoms with Gasteiger partial charge in [0, 0.05) is 11.1 Å². The molecule has 0 saturated heterocycles. The molecule has 4 heteroatoms. The Hall–Kier alpha value is -2.36. The molecule has 0 unspecified atom stereocenters. The lowest BCUT2D eigenvalue weighted by Crippen LogP contribution is -1.99. The molecule has 0 aliphatic carbocycles. The first-order valence-corrected chi connectivity index (χ1v) is 5.24. The smallest absolute Gasteiger partial charge is 0.148 e. The van der Waals surface area contributed by atoms with Crippen LogP contribution in [-0.4, -0.2) is 9.78 Å². The number of hydrogen-bond acceptors (Lipinski definition) is 2. The summed E-state index contributed by atoms with van der Waals surface area (Å²) in [6.07, 6.45) is 1.65. The third-order valence-electron chi connectivity index (χ3n) is 2.73. The highest BCUT2D eigenvalue weighted by atomic mass is 19.1. The maximum atomic E-state index is 13.7. The molecule has 3 rings (SSSR count). The van der Waals surface area contributed by atoms with Gasteiger partial charge in [-0.15, -0.1) is 0 Å². The van der Waals surface area contributed by atoms with Crippen molar-refractivity contribution in [2.24, 2.45) is 0 Å². The number of nitrogens with two attached hydrogens (primary N) is 1. The molecule has 0 spiro atoms. The highest BCUT2D eigenvalue weighted by molar-refractivity contribution is 5.91. The zero-order valence-electron chi connectivity index (χ0n) is 8.97. The van der Waals surface area contributed by atoms with Crippen LogP contribution in [0.5, 0.6) is 0 Å². The van der Waals surface area contributed by atoms with Gasteiger partial charge < -0.3 is 5.73 Å². The number of anilines is 1. The van der Waals surface area contributed by atoms with Crippen molar-refractivity contribution in [3.05, 3.63) is 54.5 Å². The van der Waals surface area contributed by atoms with E-state index in [0.29, 0.717) is 11.4 Å². The third-order valence-corrected chi connectivity index (χ3v) is 2.73. The van der Waals surface area contributed by atoms with E-state index in [9.17, 15) is 4.39 Å². The van der Waals surface area contributed by atoms with Crippen LogP contribution in [0.4, 0.5) is 10.1 Å². The van der Waals surface area contributed by atoms with Crippen LogP contribution in [0.25, 0.3) is 16.6 Å². The van der Waals surface area contributed by atoms with Crippen molar-refractivity contribution in [3.8, 4) is 5.69 Å². The van der Waals surface area contributed by atoms with Gasteiger partial charge in [-0.1, -0.05) is 18.2 Å². The molecule has 0 aliphatic rings. The molecule has 0 amide bonds. The second kappa shape index (κ2) is 3.59. The van der Waals surface area contributed by atoms with E-state index < -0.39 is 0 Å². The molecule has 0 aliphatic heterocycles. The van der Waals surface area contributed by atoms with Gasteiger partial charge in [0.25, 0.3) is 0 Å². The van der Waals surface area contributed by atoms with Gasteiger partial charge in [0.1, 0.15) is 11.5 Å². The van der Waals surface area contributed by atoms with Crippen LogP contribution in [0.1, 0.15) is 0 Å². The fraction of sp³-hybridized carbons (Fsp3) is 0. The minimum absolute atomic E-state index is 0.306. The van der Waals surface area contributed by atoms with Crippen molar-refractivity contribution in [1.82, 2.24) is 9.78 Å². The Morgan fingerprint density at radius 1 is 1.06 bits per heavy atom. The summed E-state index contributed by atoms with van der Waals surface area (Å²) in [6, 6.07) is 12.0. The summed E-state index contributed by atoms with van der Waals surface area (Å²) in [5, 5.41) is 5.01. The summed E-state index contributed by atoms with van der Waals surface area (Å²) >= 11 is 0. The minimum Gasteiger partial charge on any atom is -0.398 e.